The molecule has 0 spiro atoms. The Kier molecular flexibility index (Phi) is 4.05. The molecule has 2 heterocycles. The molecule has 21 heavy (non-hydrogen) atoms. The molecule has 0 aliphatic rings. The van der Waals surface area contributed by atoms with Gasteiger partial charge in [0.15, 0.2) is 5.69 Å². The van der Waals surface area contributed by atoms with Crippen molar-refractivity contribution in [2.45, 2.75) is 25.3 Å². The van der Waals surface area contributed by atoms with Crippen LogP contribution in [-0.4, -0.2) is 34.7 Å². The minimum atomic E-state index is -4.00. The number of aromatic carboxylic acids is 1. The van der Waals surface area contributed by atoms with Crippen molar-refractivity contribution in [2.75, 3.05) is 0 Å². The Morgan fingerprint density at radius 3 is 2.76 bits per heavy atom. The van der Waals surface area contributed by atoms with Crippen LogP contribution in [0.3, 0.4) is 0 Å². The number of hydrogen-bond acceptors (Lipinski definition) is 5. The topological polar surface area (TPSA) is 125 Å². The molecule has 0 saturated carbocycles. The highest BCUT2D eigenvalue weighted by atomic mass is 32.2. The number of sulfonamides is 1. The number of nitrogens with one attached hydrogen (secondary N) is 2. The molecule has 8 nitrogen and oxygen atoms in total. The number of H-pyrrole nitrogens is 1. The van der Waals surface area contributed by atoms with E-state index < -0.39 is 21.7 Å². The average molecular weight is 310 g/mol. The highest BCUT2D eigenvalue weighted by Gasteiger charge is 2.28. The van der Waals surface area contributed by atoms with Crippen LogP contribution >= 0.6 is 0 Å². The summed E-state index contributed by atoms with van der Waals surface area (Å²) < 4.78 is 26.9. The molecule has 2 aromatic rings. The Morgan fingerprint density at radius 2 is 2.14 bits per heavy atom. The first-order valence-electron chi connectivity index (χ1n) is 6.01. The molecule has 2 rings (SSSR count). The second-order valence-corrected chi connectivity index (χ2v) is 6.13. The molecular weight excluding hydrogens is 296 g/mol. The van der Waals surface area contributed by atoms with Crippen LogP contribution in [0.25, 0.3) is 0 Å². The lowest BCUT2D eigenvalue weighted by molar-refractivity contribution is 0.0686. The van der Waals surface area contributed by atoms with E-state index in [9.17, 15) is 13.2 Å². The van der Waals surface area contributed by atoms with Crippen molar-refractivity contribution < 1.29 is 18.3 Å². The number of carbonyl (C=O) groups is 1. The molecule has 0 atom stereocenters. The summed E-state index contributed by atoms with van der Waals surface area (Å²) in [6, 6.07) is 3.55. The number of pyridine rings is 1. The predicted octanol–water partition coefficient (Wildman–Crippen LogP) is 0.598. The Morgan fingerprint density at radius 1 is 1.43 bits per heavy atom. The van der Waals surface area contributed by atoms with Gasteiger partial charge in [-0.3, -0.25) is 10.1 Å². The van der Waals surface area contributed by atoms with E-state index in [-0.39, 0.29) is 17.1 Å². The zero-order valence-corrected chi connectivity index (χ0v) is 12.2. The zero-order valence-electron chi connectivity index (χ0n) is 11.4. The summed E-state index contributed by atoms with van der Waals surface area (Å²) in [5.74, 6) is -1.41. The first-order valence-corrected chi connectivity index (χ1v) is 7.49. The van der Waals surface area contributed by atoms with Gasteiger partial charge in [-0.1, -0.05) is 6.07 Å². The van der Waals surface area contributed by atoms with E-state index in [1.807, 2.05) is 13.0 Å². The van der Waals surface area contributed by atoms with Crippen molar-refractivity contribution in [1.82, 2.24) is 19.9 Å². The summed E-state index contributed by atoms with van der Waals surface area (Å²) in [6.45, 7) is 3.22. The van der Waals surface area contributed by atoms with Crippen molar-refractivity contribution >= 4 is 16.0 Å². The second-order valence-electron chi connectivity index (χ2n) is 4.42. The monoisotopic (exact) mass is 310 g/mol. The predicted molar refractivity (Wildman–Crippen MR) is 73.3 cm³/mol. The Balaban J connectivity index is 2.30. The number of carboxylic acids is 1. The highest BCUT2D eigenvalue weighted by Crippen LogP contribution is 2.18. The van der Waals surface area contributed by atoms with Gasteiger partial charge in [-0.15, -0.1) is 0 Å². The quantitative estimate of drug-likeness (QED) is 0.742. The molecule has 2 aromatic heterocycles. The number of aromatic amines is 1. The summed E-state index contributed by atoms with van der Waals surface area (Å²) in [6.07, 6.45) is 1.56. The van der Waals surface area contributed by atoms with Crippen LogP contribution in [0.1, 0.15) is 27.4 Å². The van der Waals surface area contributed by atoms with Gasteiger partial charge in [0.1, 0.15) is 4.90 Å². The number of carboxylic acid groups (broad SMARTS) is 1. The van der Waals surface area contributed by atoms with Crippen LogP contribution in [0.5, 0.6) is 0 Å². The van der Waals surface area contributed by atoms with Crippen molar-refractivity contribution in [1.29, 1.82) is 0 Å². The van der Waals surface area contributed by atoms with Crippen LogP contribution in [0, 0.1) is 13.8 Å². The van der Waals surface area contributed by atoms with E-state index in [1.54, 1.807) is 12.3 Å². The third-order valence-corrected chi connectivity index (χ3v) is 4.47. The maximum absolute atomic E-state index is 12.3. The van der Waals surface area contributed by atoms with Gasteiger partial charge in [-0.25, -0.2) is 17.9 Å². The van der Waals surface area contributed by atoms with E-state index in [0.717, 1.165) is 5.56 Å². The molecule has 112 valence electrons. The first-order chi connectivity index (χ1) is 9.83. The van der Waals surface area contributed by atoms with E-state index in [2.05, 4.69) is 19.9 Å². The Labute approximate surface area is 121 Å². The van der Waals surface area contributed by atoms with Gasteiger partial charge < -0.3 is 5.11 Å². The van der Waals surface area contributed by atoms with E-state index in [0.29, 0.717) is 5.69 Å². The molecule has 0 amide bonds. The third kappa shape index (κ3) is 3.09. The summed E-state index contributed by atoms with van der Waals surface area (Å²) in [5.41, 5.74) is 1.04. The van der Waals surface area contributed by atoms with E-state index >= 15 is 0 Å². The fourth-order valence-corrected chi connectivity index (χ4v) is 3.14. The maximum atomic E-state index is 12.3. The molecule has 0 bridgehead atoms. The largest absolute Gasteiger partial charge is 0.476 e. The Hall–Kier alpha value is -2.26. The normalized spacial score (nSPS) is 11.5. The molecule has 0 saturated heterocycles. The minimum Gasteiger partial charge on any atom is -0.476 e. The fraction of sp³-hybridized carbons (Fsp3) is 0.250. The number of aromatic nitrogens is 3. The van der Waals surface area contributed by atoms with Crippen molar-refractivity contribution in [2.24, 2.45) is 0 Å². The van der Waals surface area contributed by atoms with Crippen LogP contribution in [-0.2, 0) is 16.6 Å². The van der Waals surface area contributed by atoms with Crippen LogP contribution in [0.2, 0.25) is 0 Å². The summed E-state index contributed by atoms with van der Waals surface area (Å²) in [5, 5.41) is 14.8. The molecule has 0 aromatic carbocycles. The Bertz CT molecular complexity index is 782. The van der Waals surface area contributed by atoms with Gasteiger partial charge >= 0.3 is 5.97 Å². The standard InChI is InChI=1S/C12H14N4O4S/c1-7-4-3-5-13-9(7)6-14-21(19,20)11-8(2)15-16-10(11)12(17)18/h3-5,14H,6H2,1-2H3,(H,15,16)(H,17,18). The van der Waals surface area contributed by atoms with Crippen molar-refractivity contribution in [3.8, 4) is 0 Å². The lowest BCUT2D eigenvalue weighted by atomic mass is 10.2. The molecule has 0 unspecified atom stereocenters. The van der Waals surface area contributed by atoms with E-state index in [4.69, 9.17) is 5.11 Å². The van der Waals surface area contributed by atoms with Gasteiger partial charge in [0, 0.05) is 6.20 Å². The molecule has 0 aliphatic heterocycles. The number of hydrogen-bond donors (Lipinski definition) is 3. The molecular formula is C12H14N4O4S. The summed E-state index contributed by atoms with van der Waals surface area (Å²) >= 11 is 0. The van der Waals surface area contributed by atoms with Gasteiger partial charge in [0.05, 0.1) is 17.9 Å². The average Bonchev–Trinajstić information content (AvgIpc) is 2.81. The smallest absolute Gasteiger partial charge is 0.357 e. The maximum Gasteiger partial charge on any atom is 0.357 e. The van der Waals surface area contributed by atoms with Gasteiger partial charge in [-0.2, -0.15) is 5.10 Å². The third-order valence-electron chi connectivity index (χ3n) is 2.91. The summed E-state index contributed by atoms with van der Waals surface area (Å²) in [4.78, 5) is 14.7. The highest BCUT2D eigenvalue weighted by molar-refractivity contribution is 7.89. The second kappa shape index (κ2) is 5.62. The zero-order chi connectivity index (χ0) is 15.6. The molecule has 0 fully saturated rings. The molecule has 0 radical (unpaired) electrons. The van der Waals surface area contributed by atoms with Gasteiger partial charge in [0.25, 0.3) is 0 Å². The van der Waals surface area contributed by atoms with Crippen LogP contribution < -0.4 is 4.72 Å². The van der Waals surface area contributed by atoms with E-state index in [1.165, 1.54) is 6.92 Å². The number of rotatable bonds is 5. The summed E-state index contributed by atoms with van der Waals surface area (Å²) in [7, 11) is -4.00. The first kappa shape index (κ1) is 15.1. The molecule has 0 aliphatic carbocycles. The van der Waals surface area contributed by atoms with Crippen LogP contribution in [0.4, 0.5) is 0 Å². The van der Waals surface area contributed by atoms with Gasteiger partial charge in [0.2, 0.25) is 10.0 Å². The minimum absolute atomic E-state index is 0.0291. The van der Waals surface area contributed by atoms with Gasteiger partial charge in [-0.05, 0) is 25.5 Å². The van der Waals surface area contributed by atoms with Crippen molar-refractivity contribution in [3.05, 3.63) is 41.0 Å². The number of nitrogens with zero attached hydrogens (tertiary/aromatic N) is 2. The van der Waals surface area contributed by atoms with Crippen molar-refractivity contribution in [3.63, 3.8) is 0 Å². The fourth-order valence-electron chi connectivity index (χ4n) is 1.83. The lowest BCUT2D eigenvalue weighted by Gasteiger charge is -2.08. The number of aryl methyl sites for hydroxylation is 2. The lowest BCUT2D eigenvalue weighted by Crippen LogP contribution is -2.26. The van der Waals surface area contributed by atoms with Crippen LogP contribution in [0.15, 0.2) is 23.2 Å². The SMILES string of the molecule is Cc1cccnc1CNS(=O)(=O)c1c(C(=O)O)n[nH]c1C. The molecule has 3 N–H and O–H groups in total. The molecule has 9 heteroatoms.